The predicted octanol–water partition coefficient (Wildman–Crippen LogP) is 5.13. The van der Waals surface area contributed by atoms with Gasteiger partial charge in [-0.05, 0) is 63.0 Å². The molecule has 0 spiro atoms. The fraction of sp³-hybridized carbons (Fsp3) is 0.417. The Morgan fingerprint density at radius 3 is 2.67 bits per heavy atom. The monoisotopic (exact) mass is 411 g/mol. The number of nitrogens with zero attached hydrogens (tertiary/aromatic N) is 2. The first-order valence-corrected chi connectivity index (χ1v) is 10.7. The molecule has 2 aromatic heterocycles. The van der Waals surface area contributed by atoms with Crippen LogP contribution < -0.4 is 4.74 Å². The topological polar surface area (TPSA) is 58.2 Å². The zero-order valence-electron chi connectivity index (χ0n) is 18.0. The fourth-order valence-electron chi connectivity index (χ4n) is 3.76. The second-order valence-corrected chi connectivity index (χ2v) is 7.54. The lowest BCUT2D eigenvalue weighted by Gasteiger charge is -2.21. The van der Waals surface area contributed by atoms with Gasteiger partial charge in [0, 0.05) is 29.9 Å². The van der Waals surface area contributed by atoms with Crippen LogP contribution >= 0.6 is 0 Å². The van der Waals surface area contributed by atoms with Gasteiger partial charge in [-0.2, -0.15) is 0 Å². The molecule has 0 fully saturated rings. The SMILES string of the molecule is CCCN(CCC)CCCOc1ccc(C)c(C(=O)c2c[nH]c3ncccc23)c1F. The molecule has 0 unspecified atom stereocenters. The number of H-pyrrole nitrogens is 1. The van der Waals surface area contributed by atoms with Gasteiger partial charge < -0.3 is 14.6 Å². The molecule has 2 heterocycles. The fourth-order valence-corrected chi connectivity index (χ4v) is 3.76. The van der Waals surface area contributed by atoms with Crippen molar-refractivity contribution >= 4 is 16.8 Å². The van der Waals surface area contributed by atoms with E-state index < -0.39 is 5.82 Å². The summed E-state index contributed by atoms with van der Waals surface area (Å²) in [6.45, 7) is 9.53. The zero-order valence-corrected chi connectivity index (χ0v) is 18.0. The molecule has 0 saturated heterocycles. The number of halogens is 1. The Morgan fingerprint density at radius 1 is 1.17 bits per heavy atom. The van der Waals surface area contributed by atoms with Gasteiger partial charge >= 0.3 is 0 Å². The summed E-state index contributed by atoms with van der Waals surface area (Å²) in [6.07, 6.45) is 6.27. The van der Waals surface area contributed by atoms with E-state index >= 15 is 4.39 Å². The van der Waals surface area contributed by atoms with Gasteiger partial charge in [-0.3, -0.25) is 4.79 Å². The molecule has 0 amide bonds. The van der Waals surface area contributed by atoms with Gasteiger partial charge in [-0.1, -0.05) is 19.9 Å². The second kappa shape index (κ2) is 10.3. The summed E-state index contributed by atoms with van der Waals surface area (Å²) >= 11 is 0. The lowest BCUT2D eigenvalue weighted by molar-refractivity contribution is 0.103. The van der Waals surface area contributed by atoms with Crippen LogP contribution in [0.5, 0.6) is 5.75 Å². The van der Waals surface area contributed by atoms with Crippen molar-refractivity contribution in [2.24, 2.45) is 0 Å². The van der Waals surface area contributed by atoms with Crippen molar-refractivity contribution in [1.29, 1.82) is 0 Å². The van der Waals surface area contributed by atoms with E-state index in [0.29, 0.717) is 28.8 Å². The van der Waals surface area contributed by atoms with Crippen LogP contribution in [0.1, 0.15) is 54.6 Å². The van der Waals surface area contributed by atoms with Crippen LogP contribution in [-0.4, -0.2) is 46.9 Å². The van der Waals surface area contributed by atoms with Crippen molar-refractivity contribution in [3.8, 4) is 5.75 Å². The van der Waals surface area contributed by atoms with E-state index in [2.05, 4.69) is 28.7 Å². The molecule has 0 aliphatic rings. The number of aromatic nitrogens is 2. The van der Waals surface area contributed by atoms with E-state index in [-0.39, 0.29) is 17.1 Å². The number of fused-ring (bicyclic) bond motifs is 1. The molecule has 5 nitrogen and oxygen atoms in total. The van der Waals surface area contributed by atoms with Crippen LogP contribution in [0.25, 0.3) is 11.0 Å². The highest BCUT2D eigenvalue weighted by molar-refractivity contribution is 6.16. The molecular weight excluding hydrogens is 381 g/mol. The van der Waals surface area contributed by atoms with Gasteiger partial charge in [0.25, 0.3) is 0 Å². The van der Waals surface area contributed by atoms with Crippen LogP contribution in [-0.2, 0) is 0 Å². The van der Waals surface area contributed by atoms with E-state index in [9.17, 15) is 4.79 Å². The first-order chi connectivity index (χ1) is 14.6. The van der Waals surface area contributed by atoms with Gasteiger partial charge in [-0.25, -0.2) is 9.37 Å². The maximum absolute atomic E-state index is 15.2. The summed E-state index contributed by atoms with van der Waals surface area (Å²) in [5.41, 5.74) is 1.65. The van der Waals surface area contributed by atoms with Crippen molar-refractivity contribution in [1.82, 2.24) is 14.9 Å². The minimum Gasteiger partial charge on any atom is -0.490 e. The minimum absolute atomic E-state index is 0.0517. The largest absolute Gasteiger partial charge is 0.490 e. The average molecular weight is 412 g/mol. The number of pyridine rings is 1. The highest BCUT2D eigenvalue weighted by Crippen LogP contribution is 2.28. The third-order valence-corrected chi connectivity index (χ3v) is 5.19. The minimum atomic E-state index is -0.600. The molecule has 3 aromatic rings. The summed E-state index contributed by atoms with van der Waals surface area (Å²) in [5, 5.41) is 0.680. The van der Waals surface area contributed by atoms with E-state index in [1.165, 1.54) is 0 Å². The molecule has 0 aliphatic carbocycles. The van der Waals surface area contributed by atoms with E-state index in [1.54, 1.807) is 43.6 Å². The number of ketones is 1. The Bertz CT molecular complexity index is 993. The average Bonchev–Trinajstić information content (AvgIpc) is 3.17. The molecule has 0 saturated carbocycles. The van der Waals surface area contributed by atoms with E-state index in [4.69, 9.17) is 4.74 Å². The van der Waals surface area contributed by atoms with Crippen LogP contribution in [0.4, 0.5) is 4.39 Å². The number of aryl methyl sites for hydroxylation is 1. The van der Waals surface area contributed by atoms with Gasteiger partial charge in [0.15, 0.2) is 17.3 Å². The normalized spacial score (nSPS) is 11.4. The quantitative estimate of drug-likeness (QED) is 0.351. The van der Waals surface area contributed by atoms with Crippen molar-refractivity contribution < 1.29 is 13.9 Å². The van der Waals surface area contributed by atoms with Gasteiger partial charge in [0.2, 0.25) is 0 Å². The Labute approximate surface area is 177 Å². The van der Waals surface area contributed by atoms with Crippen molar-refractivity contribution in [3.63, 3.8) is 0 Å². The van der Waals surface area contributed by atoms with Crippen LogP contribution in [0.2, 0.25) is 0 Å². The van der Waals surface area contributed by atoms with E-state index in [1.807, 2.05) is 0 Å². The highest BCUT2D eigenvalue weighted by atomic mass is 19.1. The zero-order chi connectivity index (χ0) is 21.5. The van der Waals surface area contributed by atoms with Gasteiger partial charge in [0.05, 0.1) is 12.2 Å². The number of aromatic amines is 1. The first-order valence-electron chi connectivity index (χ1n) is 10.7. The maximum Gasteiger partial charge on any atom is 0.198 e. The number of hydrogen-bond acceptors (Lipinski definition) is 4. The summed E-state index contributed by atoms with van der Waals surface area (Å²) in [7, 11) is 0. The van der Waals surface area contributed by atoms with Crippen molar-refractivity contribution in [2.75, 3.05) is 26.2 Å². The number of hydrogen-bond donors (Lipinski definition) is 1. The Balaban J connectivity index is 1.73. The second-order valence-electron chi connectivity index (χ2n) is 7.54. The molecule has 1 aromatic carbocycles. The standard InChI is InChI=1S/C24H30FN3O2/c1-4-12-28(13-5-2)14-7-15-30-20-10-9-17(3)21(22(20)25)23(29)19-16-27-24-18(19)8-6-11-26-24/h6,8-11,16H,4-5,7,12-15H2,1-3H3,(H,26,27). The molecule has 3 rings (SSSR count). The molecule has 0 atom stereocenters. The first kappa shape index (κ1) is 22.0. The Hall–Kier alpha value is -2.73. The summed E-state index contributed by atoms with van der Waals surface area (Å²) in [4.78, 5) is 22.7. The molecule has 160 valence electrons. The number of carbonyl (C=O) groups is 1. The lowest BCUT2D eigenvalue weighted by atomic mass is 9.98. The maximum atomic E-state index is 15.2. The number of rotatable bonds is 11. The Morgan fingerprint density at radius 2 is 1.93 bits per heavy atom. The smallest absolute Gasteiger partial charge is 0.198 e. The van der Waals surface area contributed by atoms with Crippen molar-refractivity contribution in [3.05, 3.63) is 59.2 Å². The summed E-state index contributed by atoms with van der Waals surface area (Å²) in [6, 6.07) is 6.90. The van der Waals surface area contributed by atoms with E-state index in [0.717, 1.165) is 38.9 Å². The van der Waals surface area contributed by atoms with Gasteiger partial charge in [0.1, 0.15) is 5.65 Å². The number of carbonyl (C=O) groups excluding carboxylic acids is 1. The molecule has 0 aliphatic heterocycles. The molecular formula is C24H30FN3O2. The predicted molar refractivity (Wildman–Crippen MR) is 118 cm³/mol. The van der Waals surface area contributed by atoms with Crippen LogP contribution in [0.15, 0.2) is 36.7 Å². The third-order valence-electron chi connectivity index (χ3n) is 5.19. The molecule has 0 bridgehead atoms. The van der Waals surface area contributed by atoms with Gasteiger partial charge in [-0.15, -0.1) is 0 Å². The van der Waals surface area contributed by atoms with Crippen LogP contribution in [0, 0.1) is 12.7 Å². The summed E-state index contributed by atoms with van der Waals surface area (Å²) in [5.74, 6) is -0.844. The molecule has 30 heavy (non-hydrogen) atoms. The number of ether oxygens (including phenoxy) is 1. The number of nitrogens with one attached hydrogen (secondary N) is 1. The molecule has 1 N–H and O–H groups in total. The van der Waals surface area contributed by atoms with Crippen molar-refractivity contribution in [2.45, 2.75) is 40.0 Å². The number of benzene rings is 1. The van der Waals surface area contributed by atoms with Crippen LogP contribution in [0.3, 0.4) is 0 Å². The highest BCUT2D eigenvalue weighted by Gasteiger charge is 2.23. The third kappa shape index (κ3) is 4.87. The Kier molecular flexibility index (Phi) is 7.57. The summed E-state index contributed by atoms with van der Waals surface area (Å²) < 4.78 is 20.9. The lowest BCUT2D eigenvalue weighted by Crippen LogP contribution is -2.27. The molecule has 6 heteroatoms. The molecule has 0 radical (unpaired) electrons.